The van der Waals surface area contributed by atoms with Crippen molar-refractivity contribution in [3.63, 3.8) is 0 Å². The second-order valence-electron chi connectivity index (χ2n) is 7.87. The summed E-state index contributed by atoms with van der Waals surface area (Å²) in [4.78, 5) is 29.5. The molecule has 1 saturated carbocycles. The number of nitrogens with two attached hydrogens (primary N) is 1. The molecule has 1 saturated heterocycles. The van der Waals surface area contributed by atoms with Gasteiger partial charge in [-0.3, -0.25) is 14.5 Å². The predicted octanol–water partition coefficient (Wildman–Crippen LogP) is 1.75. The summed E-state index contributed by atoms with van der Waals surface area (Å²) in [7, 11) is 0. The molecule has 2 heterocycles. The van der Waals surface area contributed by atoms with Gasteiger partial charge in [0, 0.05) is 46.7 Å². The van der Waals surface area contributed by atoms with Gasteiger partial charge in [-0.15, -0.1) is 0 Å². The molecule has 1 aromatic heterocycles. The van der Waals surface area contributed by atoms with Gasteiger partial charge in [0.1, 0.15) is 0 Å². The van der Waals surface area contributed by atoms with E-state index in [9.17, 15) is 14.7 Å². The Kier molecular flexibility index (Phi) is 4.32. The number of pyridine rings is 1. The zero-order valence-electron chi connectivity index (χ0n) is 14.8. The van der Waals surface area contributed by atoms with Crippen molar-refractivity contribution in [3.8, 4) is 0 Å². The van der Waals surface area contributed by atoms with Crippen LogP contribution in [-0.4, -0.2) is 40.1 Å². The van der Waals surface area contributed by atoms with E-state index in [1.807, 2.05) is 0 Å². The van der Waals surface area contributed by atoms with Gasteiger partial charge in [-0.05, 0) is 50.4 Å². The SMILES string of the molecule is NC(=O)c1ccc2[nH]c(CN3CCC[C@@]4(CCC[C@H]4O)C3)cc(=O)c2c1. The number of primary amides is 1. The Hall–Kier alpha value is -2.18. The number of aromatic amines is 1. The van der Waals surface area contributed by atoms with Crippen molar-refractivity contribution in [1.82, 2.24) is 9.88 Å². The van der Waals surface area contributed by atoms with Crippen LogP contribution in [0.2, 0.25) is 0 Å². The fourth-order valence-electron chi connectivity index (χ4n) is 4.77. The van der Waals surface area contributed by atoms with E-state index in [-0.39, 0.29) is 16.9 Å². The summed E-state index contributed by atoms with van der Waals surface area (Å²) in [5.74, 6) is -0.538. The molecule has 4 rings (SSSR count). The summed E-state index contributed by atoms with van der Waals surface area (Å²) in [6, 6.07) is 6.53. The van der Waals surface area contributed by atoms with Crippen LogP contribution in [0.15, 0.2) is 29.1 Å². The molecule has 6 heteroatoms. The minimum atomic E-state index is -0.538. The van der Waals surface area contributed by atoms with Crippen molar-refractivity contribution in [2.75, 3.05) is 13.1 Å². The molecule has 2 aliphatic rings. The molecule has 0 radical (unpaired) electrons. The van der Waals surface area contributed by atoms with Gasteiger partial charge in [0.05, 0.1) is 6.10 Å². The smallest absolute Gasteiger partial charge is 0.248 e. The first-order valence-electron chi connectivity index (χ1n) is 9.33. The zero-order valence-corrected chi connectivity index (χ0v) is 14.8. The van der Waals surface area contributed by atoms with E-state index < -0.39 is 5.91 Å². The van der Waals surface area contributed by atoms with E-state index >= 15 is 0 Å². The number of aliphatic hydroxyl groups excluding tert-OH is 1. The van der Waals surface area contributed by atoms with Crippen molar-refractivity contribution < 1.29 is 9.90 Å². The highest BCUT2D eigenvalue weighted by Gasteiger charge is 2.44. The third-order valence-electron chi connectivity index (χ3n) is 6.11. The van der Waals surface area contributed by atoms with E-state index in [1.54, 1.807) is 24.3 Å². The Bertz CT molecular complexity index is 907. The number of benzene rings is 1. The van der Waals surface area contributed by atoms with Gasteiger partial charge in [0.15, 0.2) is 5.43 Å². The average Bonchev–Trinajstić information content (AvgIpc) is 2.94. The number of hydrogen-bond donors (Lipinski definition) is 3. The van der Waals surface area contributed by atoms with Gasteiger partial charge in [-0.1, -0.05) is 6.42 Å². The van der Waals surface area contributed by atoms with Crippen molar-refractivity contribution >= 4 is 16.8 Å². The van der Waals surface area contributed by atoms with Crippen LogP contribution < -0.4 is 11.2 Å². The topological polar surface area (TPSA) is 99.4 Å². The number of H-pyrrole nitrogens is 1. The van der Waals surface area contributed by atoms with Gasteiger partial charge < -0.3 is 15.8 Å². The molecule has 138 valence electrons. The third-order valence-corrected chi connectivity index (χ3v) is 6.11. The van der Waals surface area contributed by atoms with E-state index in [0.29, 0.717) is 23.0 Å². The normalized spacial score (nSPS) is 26.6. The Morgan fingerprint density at radius 3 is 2.85 bits per heavy atom. The minimum absolute atomic E-state index is 0.0335. The van der Waals surface area contributed by atoms with E-state index in [4.69, 9.17) is 5.73 Å². The molecular weight excluding hydrogens is 330 g/mol. The van der Waals surface area contributed by atoms with Crippen LogP contribution in [0, 0.1) is 5.41 Å². The van der Waals surface area contributed by atoms with Gasteiger partial charge in [-0.2, -0.15) is 0 Å². The highest BCUT2D eigenvalue weighted by atomic mass is 16.3. The number of nitrogens with zero attached hydrogens (tertiary/aromatic N) is 1. The van der Waals surface area contributed by atoms with Gasteiger partial charge >= 0.3 is 0 Å². The van der Waals surface area contributed by atoms with Crippen LogP contribution in [0.4, 0.5) is 0 Å². The quantitative estimate of drug-likeness (QED) is 0.781. The molecule has 1 spiro atoms. The number of aliphatic hydroxyl groups is 1. The molecule has 0 bridgehead atoms. The number of nitrogens with one attached hydrogen (secondary N) is 1. The Labute approximate surface area is 152 Å². The first-order valence-corrected chi connectivity index (χ1v) is 9.33. The lowest BCUT2D eigenvalue weighted by Gasteiger charge is -2.42. The van der Waals surface area contributed by atoms with Crippen molar-refractivity contribution in [1.29, 1.82) is 0 Å². The van der Waals surface area contributed by atoms with Gasteiger partial charge in [0.25, 0.3) is 0 Å². The second-order valence-corrected chi connectivity index (χ2v) is 7.87. The lowest BCUT2D eigenvalue weighted by Crippen LogP contribution is -2.46. The Balaban J connectivity index is 1.58. The standard InChI is InChI=1S/C20H25N3O3/c21-19(26)13-4-5-16-15(9-13)17(24)10-14(22-16)11-23-8-2-7-20(12-23)6-1-3-18(20)25/h4-5,9-10,18,25H,1-3,6-8,11-12H2,(H2,21,26)(H,22,24)/t18-,20+/m1/s1. The average molecular weight is 355 g/mol. The molecule has 6 nitrogen and oxygen atoms in total. The predicted molar refractivity (Wildman–Crippen MR) is 99.9 cm³/mol. The number of piperidine rings is 1. The summed E-state index contributed by atoms with van der Waals surface area (Å²) in [5.41, 5.74) is 7.13. The van der Waals surface area contributed by atoms with Crippen LogP contribution in [0.25, 0.3) is 10.9 Å². The maximum atomic E-state index is 12.5. The molecule has 4 N–H and O–H groups in total. The number of amides is 1. The van der Waals surface area contributed by atoms with E-state index in [0.717, 1.165) is 50.9 Å². The fraction of sp³-hybridized carbons (Fsp3) is 0.500. The summed E-state index contributed by atoms with van der Waals surface area (Å²) < 4.78 is 0. The number of rotatable bonds is 3. The number of carbonyl (C=O) groups excluding carboxylic acids is 1. The van der Waals surface area contributed by atoms with Crippen molar-refractivity contribution in [2.45, 2.75) is 44.8 Å². The third kappa shape index (κ3) is 3.04. The summed E-state index contributed by atoms with van der Waals surface area (Å²) in [6.45, 7) is 2.53. The number of carbonyl (C=O) groups is 1. The van der Waals surface area contributed by atoms with Gasteiger partial charge in [0.2, 0.25) is 5.91 Å². The van der Waals surface area contributed by atoms with E-state index in [1.165, 1.54) is 0 Å². The maximum absolute atomic E-state index is 12.5. The highest BCUT2D eigenvalue weighted by Crippen LogP contribution is 2.45. The number of aromatic nitrogens is 1. The molecule has 1 aromatic carbocycles. The minimum Gasteiger partial charge on any atom is -0.393 e. The summed E-state index contributed by atoms with van der Waals surface area (Å²) in [6.07, 6.45) is 5.07. The number of fused-ring (bicyclic) bond motifs is 1. The monoisotopic (exact) mass is 355 g/mol. The summed E-state index contributed by atoms with van der Waals surface area (Å²) >= 11 is 0. The summed E-state index contributed by atoms with van der Waals surface area (Å²) in [5, 5.41) is 10.9. The van der Waals surface area contributed by atoms with Crippen LogP contribution >= 0.6 is 0 Å². The van der Waals surface area contributed by atoms with Gasteiger partial charge in [-0.25, -0.2) is 0 Å². The van der Waals surface area contributed by atoms with E-state index in [2.05, 4.69) is 9.88 Å². The maximum Gasteiger partial charge on any atom is 0.248 e. The molecule has 26 heavy (non-hydrogen) atoms. The Morgan fingerprint density at radius 1 is 1.31 bits per heavy atom. The van der Waals surface area contributed by atoms with Crippen molar-refractivity contribution in [2.24, 2.45) is 11.1 Å². The molecule has 2 aromatic rings. The van der Waals surface area contributed by atoms with Crippen molar-refractivity contribution in [3.05, 3.63) is 45.7 Å². The zero-order chi connectivity index (χ0) is 18.3. The largest absolute Gasteiger partial charge is 0.393 e. The van der Waals surface area contributed by atoms with Crippen LogP contribution in [0.3, 0.4) is 0 Å². The first kappa shape index (κ1) is 17.2. The molecule has 2 atom stereocenters. The lowest BCUT2D eigenvalue weighted by molar-refractivity contribution is -0.0123. The number of hydrogen-bond acceptors (Lipinski definition) is 4. The molecule has 0 unspecified atom stereocenters. The second kappa shape index (κ2) is 6.52. The number of likely N-dealkylation sites (tertiary alicyclic amines) is 1. The van der Waals surface area contributed by atoms with Crippen LogP contribution in [0.1, 0.15) is 48.2 Å². The van der Waals surface area contributed by atoms with Crippen LogP contribution in [0.5, 0.6) is 0 Å². The molecule has 1 aliphatic carbocycles. The molecular formula is C20H25N3O3. The Morgan fingerprint density at radius 2 is 2.12 bits per heavy atom. The first-order chi connectivity index (χ1) is 12.5. The molecule has 1 amide bonds. The highest BCUT2D eigenvalue weighted by molar-refractivity contribution is 5.96. The van der Waals surface area contributed by atoms with Crippen LogP contribution in [-0.2, 0) is 6.54 Å². The fourth-order valence-corrected chi connectivity index (χ4v) is 4.77. The molecule has 1 aliphatic heterocycles. The lowest BCUT2D eigenvalue weighted by atomic mass is 9.76. The molecule has 2 fully saturated rings.